The summed E-state index contributed by atoms with van der Waals surface area (Å²) in [5, 5.41) is 8.03. The number of halogens is 2. The minimum absolute atomic E-state index is 0.0232. The number of hydrogen-bond acceptors (Lipinski definition) is 4. The van der Waals surface area contributed by atoms with Crippen molar-refractivity contribution in [3.63, 3.8) is 0 Å². The van der Waals surface area contributed by atoms with Gasteiger partial charge in [-0.15, -0.1) is 0 Å². The maximum atomic E-state index is 13.1. The summed E-state index contributed by atoms with van der Waals surface area (Å²) in [6.45, 7) is 2.26. The van der Waals surface area contributed by atoms with Gasteiger partial charge in [0.2, 0.25) is 0 Å². The highest BCUT2D eigenvalue weighted by molar-refractivity contribution is 6.31. The zero-order chi connectivity index (χ0) is 19.5. The molecule has 0 unspecified atom stereocenters. The largest absolute Gasteiger partial charge is 0.371 e. The van der Waals surface area contributed by atoms with E-state index in [2.05, 4.69) is 10.4 Å². The van der Waals surface area contributed by atoms with Gasteiger partial charge in [0.25, 0.3) is 0 Å². The normalized spacial score (nSPS) is 16.9. The number of carbonyl (C=O) groups excluding carboxylic acids is 1. The summed E-state index contributed by atoms with van der Waals surface area (Å²) in [5.41, 5.74) is 2.92. The van der Waals surface area contributed by atoms with Crippen LogP contribution in [0.25, 0.3) is 5.69 Å². The van der Waals surface area contributed by atoms with Crippen LogP contribution in [0.2, 0.25) is 5.02 Å². The van der Waals surface area contributed by atoms with Crippen LogP contribution in [0.4, 0.5) is 4.39 Å². The molecule has 1 saturated heterocycles. The second-order valence-electron chi connectivity index (χ2n) is 6.66. The molecule has 1 aliphatic rings. The molecule has 0 radical (unpaired) electrons. The van der Waals surface area contributed by atoms with Gasteiger partial charge >= 0.3 is 0 Å². The Hall–Kier alpha value is -2.54. The maximum Gasteiger partial charge on any atom is 0.170 e. The fraction of sp³-hybridized carbons (Fsp3) is 0.238. The van der Waals surface area contributed by atoms with Gasteiger partial charge in [0.05, 0.1) is 30.2 Å². The van der Waals surface area contributed by atoms with E-state index in [0.717, 1.165) is 24.2 Å². The molecule has 2 heterocycles. The Labute approximate surface area is 167 Å². The molecule has 144 valence electrons. The third kappa shape index (κ3) is 4.14. The van der Waals surface area contributed by atoms with E-state index in [4.69, 9.17) is 16.3 Å². The van der Waals surface area contributed by atoms with Crippen LogP contribution in [0.15, 0.2) is 54.9 Å². The molecular formula is C21H19ClFN3O2. The molecule has 1 N–H and O–H groups in total. The Kier molecular flexibility index (Phi) is 5.52. The lowest BCUT2D eigenvalue weighted by Crippen LogP contribution is -2.33. The number of carbonyl (C=O) groups is 1. The predicted octanol–water partition coefficient (Wildman–Crippen LogP) is 3.75. The van der Waals surface area contributed by atoms with Gasteiger partial charge < -0.3 is 10.1 Å². The number of Topliss-reactive ketones (excluding diaryl/α,β-unsaturated/α-hetero) is 1. The van der Waals surface area contributed by atoms with Crippen molar-refractivity contribution in [3.05, 3.63) is 82.4 Å². The number of hydrogen-bond donors (Lipinski definition) is 1. The van der Waals surface area contributed by atoms with Crippen LogP contribution < -0.4 is 5.32 Å². The summed E-state index contributed by atoms with van der Waals surface area (Å²) >= 11 is 6.41. The van der Waals surface area contributed by atoms with Crippen LogP contribution in [0.1, 0.15) is 27.6 Å². The second-order valence-corrected chi connectivity index (χ2v) is 7.07. The first-order valence-electron chi connectivity index (χ1n) is 9.04. The first kappa shape index (κ1) is 18.8. The van der Waals surface area contributed by atoms with E-state index in [9.17, 15) is 9.18 Å². The Morgan fingerprint density at radius 3 is 2.82 bits per heavy atom. The van der Waals surface area contributed by atoms with Crippen LogP contribution in [0.3, 0.4) is 0 Å². The summed E-state index contributed by atoms with van der Waals surface area (Å²) in [7, 11) is 0. The van der Waals surface area contributed by atoms with Gasteiger partial charge in [0.1, 0.15) is 5.82 Å². The van der Waals surface area contributed by atoms with Crippen molar-refractivity contribution < 1.29 is 13.9 Å². The molecule has 0 spiro atoms. The third-order valence-electron chi connectivity index (χ3n) is 4.72. The molecule has 0 amide bonds. The van der Waals surface area contributed by atoms with Crippen molar-refractivity contribution in [2.75, 3.05) is 19.7 Å². The van der Waals surface area contributed by atoms with Gasteiger partial charge in [-0.3, -0.25) is 4.79 Å². The van der Waals surface area contributed by atoms with Crippen LogP contribution in [0.5, 0.6) is 0 Å². The smallest absolute Gasteiger partial charge is 0.170 e. The molecule has 28 heavy (non-hydrogen) atoms. The van der Waals surface area contributed by atoms with Crippen molar-refractivity contribution in [1.29, 1.82) is 0 Å². The van der Waals surface area contributed by atoms with Crippen LogP contribution in [0, 0.1) is 5.82 Å². The number of aromatic nitrogens is 2. The van der Waals surface area contributed by atoms with Crippen LogP contribution in [-0.4, -0.2) is 35.3 Å². The van der Waals surface area contributed by atoms with E-state index in [0.29, 0.717) is 22.9 Å². The third-order valence-corrected chi connectivity index (χ3v) is 5.08. The number of ether oxygens (including phenoxy) is 1. The van der Waals surface area contributed by atoms with E-state index >= 15 is 0 Å². The van der Waals surface area contributed by atoms with E-state index < -0.39 is 0 Å². The van der Waals surface area contributed by atoms with Crippen LogP contribution >= 0.6 is 11.6 Å². The van der Waals surface area contributed by atoms with Gasteiger partial charge in [-0.05, 0) is 41.5 Å². The molecular weight excluding hydrogens is 381 g/mol. The van der Waals surface area contributed by atoms with Crippen molar-refractivity contribution in [3.8, 4) is 5.69 Å². The summed E-state index contributed by atoms with van der Waals surface area (Å²) < 4.78 is 20.3. The van der Waals surface area contributed by atoms with Gasteiger partial charge in [-0.1, -0.05) is 23.7 Å². The first-order valence-corrected chi connectivity index (χ1v) is 9.42. The highest BCUT2D eigenvalue weighted by atomic mass is 35.5. The van der Waals surface area contributed by atoms with Gasteiger partial charge in [-0.25, -0.2) is 9.07 Å². The summed E-state index contributed by atoms with van der Waals surface area (Å²) in [6, 6.07) is 11.6. The predicted molar refractivity (Wildman–Crippen MR) is 105 cm³/mol. The summed E-state index contributed by atoms with van der Waals surface area (Å²) in [6.07, 6.45) is 3.30. The maximum absolute atomic E-state index is 13.1. The Bertz CT molecular complexity index is 982. The highest BCUT2D eigenvalue weighted by Crippen LogP contribution is 2.26. The molecule has 1 aromatic heterocycles. The first-order chi connectivity index (χ1) is 13.6. The van der Waals surface area contributed by atoms with Crippen molar-refractivity contribution in [2.24, 2.45) is 0 Å². The lowest BCUT2D eigenvalue weighted by molar-refractivity contribution is 0.0277. The second kappa shape index (κ2) is 8.22. The summed E-state index contributed by atoms with van der Waals surface area (Å²) in [4.78, 5) is 12.6. The standard InChI is InChI=1S/C21H19ClFN3O2/c22-19-9-15(21-12-24-7-8-28-21)2-1-14(19)10-20(27)16-11-25-26(13-16)18-5-3-17(23)4-6-18/h1-6,9,11,13,21,24H,7-8,10,12H2/t21-/m0/s1. The molecule has 5 nitrogen and oxygen atoms in total. The van der Waals surface area contributed by atoms with Crippen molar-refractivity contribution in [2.45, 2.75) is 12.5 Å². The molecule has 2 aromatic carbocycles. The zero-order valence-electron chi connectivity index (χ0n) is 15.1. The van der Waals surface area contributed by atoms with E-state index in [1.54, 1.807) is 23.0 Å². The van der Waals surface area contributed by atoms with E-state index in [-0.39, 0.29) is 24.1 Å². The van der Waals surface area contributed by atoms with Gasteiger partial charge in [0.15, 0.2) is 5.78 Å². The van der Waals surface area contributed by atoms with Crippen molar-refractivity contribution >= 4 is 17.4 Å². The average molecular weight is 400 g/mol. The average Bonchev–Trinajstić information content (AvgIpc) is 3.21. The molecule has 0 aliphatic carbocycles. The van der Waals surface area contributed by atoms with E-state index in [1.165, 1.54) is 18.3 Å². The number of nitrogens with zero attached hydrogens (tertiary/aromatic N) is 2. The monoisotopic (exact) mass is 399 g/mol. The fourth-order valence-electron chi connectivity index (χ4n) is 3.16. The number of nitrogens with one attached hydrogen (secondary N) is 1. The Balaban J connectivity index is 1.47. The lowest BCUT2D eigenvalue weighted by Gasteiger charge is -2.24. The number of ketones is 1. The number of morpholine rings is 1. The minimum Gasteiger partial charge on any atom is -0.371 e. The molecule has 1 atom stereocenters. The fourth-order valence-corrected chi connectivity index (χ4v) is 3.42. The van der Waals surface area contributed by atoms with Gasteiger partial charge in [0, 0.05) is 30.7 Å². The highest BCUT2D eigenvalue weighted by Gasteiger charge is 2.18. The van der Waals surface area contributed by atoms with Crippen molar-refractivity contribution in [1.82, 2.24) is 15.1 Å². The topological polar surface area (TPSA) is 56.1 Å². The molecule has 0 saturated carbocycles. The summed E-state index contributed by atoms with van der Waals surface area (Å²) in [5.74, 6) is -0.404. The van der Waals surface area contributed by atoms with Crippen LogP contribution in [-0.2, 0) is 11.2 Å². The van der Waals surface area contributed by atoms with E-state index in [1.807, 2.05) is 18.2 Å². The minimum atomic E-state index is -0.320. The van der Waals surface area contributed by atoms with Gasteiger partial charge in [-0.2, -0.15) is 5.10 Å². The molecule has 7 heteroatoms. The molecule has 3 aromatic rings. The number of benzene rings is 2. The molecule has 0 bridgehead atoms. The number of rotatable bonds is 5. The molecule has 1 aliphatic heterocycles. The molecule has 1 fully saturated rings. The lowest BCUT2D eigenvalue weighted by atomic mass is 10.0. The quantitative estimate of drug-likeness (QED) is 0.664. The zero-order valence-corrected chi connectivity index (χ0v) is 15.8. The Morgan fingerprint density at radius 2 is 2.11 bits per heavy atom. The molecule has 4 rings (SSSR count). The Morgan fingerprint density at radius 1 is 1.29 bits per heavy atom. The SMILES string of the molecule is O=C(Cc1ccc([C@@H]2CNCCO2)cc1Cl)c1cnn(-c2ccc(F)cc2)c1.